The molecule has 1 aliphatic carbocycles. The Bertz CT molecular complexity index is 386. The van der Waals surface area contributed by atoms with Gasteiger partial charge in [0.15, 0.2) is 5.84 Å². The van der Waals surface area contributed by atoms with Crippen LogP contribution in [0.25, 0.3) is 0 Å². The van der Waals surface area contributed by atoms with E-state index in [0.29, 0.717) is 0 Å². The molecule has 18 heavy (non-hydrogen) atoms. The Hall–Kier alpha value is -0.820. The Morgan fingerprint density at radius 1 is 1.44 bits per heavy atom. The summed E-state index contributed by atoms with van der Waals surface area (Å²) in [6.07, 6.45) is 3.79. The van der Waals surface area contributed by atoms with Crippen LogP contribution in [0, 0.1) is 5.92 Å². The van der Waals surface area contributed by atoms with Crippen molar-refractivity contribution >= 4 is 15.9 Å². The van der Waals surface area contributed by atoms with Crippen molar-refractivity contribution in [1.82, 2.24) is 4.31 Å². The zero-order valence-corrected chi connectivity index (χ0v) is 11.9. The van der Waals surface area contributed by atoms with Crippen molar-refractivity contribution in [2.45, 2.75) is 45.6 Å². The standard InChI is InChI=1S/C11H23N3O3S/c1-9(2)8-18(16,17)14(7-11(12)13-15)10-5-3-4-6-10/h9-10,15H,3-8H2,1-2H3,(H2,12,13). The normalized spacial score (nSPS) is 19.0. The minimum atomic E-state index is -3.35. The van der Waals surface area contributed by atoms with Crippen LogP contribution < -0.4 is 5.73 Å². The molecule has 6 nitrogen and oxygen atoms in total. The van der Waals surface area contributed by atoms with Crippen LogP contribution in [0.1, 0.15) is 39.5 Å². The van der Waals surface area contributed by atoms with E-state index in [1.54, 1.807) is 0 Å². The van der Waals surface area contributed by atoms with E-state index in [1.165, 1.54) is 4.31 Å². The maximum atomic E-state index is 12.3. The van der Waals surface area contributed by atoms with Gasteiger partial charge in [0.25, 0.3) is 0 Å². The van der Waals surface area contributed by atoms with Crippen LogP contribution >= 0.6 is 0 Å². The molecule has 0 unspecified atom stereocenters. The molecule has 0 aromatic heterocycles. The Labute approximate surface area is 109 Å². The summed E-state index contributed by atoms with van der Waals surface area (Å²) in [6.45, 7) is 3.72. The number of rotatable bonds is 6. The average molecular weight is 277 g/mol. The SMILES string of the molecule is CC(C)CS(=O)(=O)N(CC(N)=NO)C1CCCC1. The van der Waals surface area contributed by atoms with Crippen molar-refractivity contribution in [3.63, 3.8) is 0 Å². The van der Waals surface area contributed by atoms with Gasteiger partial charge < -0.3 is 10.9 Å². The lowest BCUT2D eigenvalue weighted by molar-refractivity contribution is 0.308. The molecule has 0 atom stereocenters. The van der Waals surface area contributed by atoms with Crippen LogP contribution in [0.3, 0.4) is 0 Å². The molecule has 1 saturated carbocycles. The van der Waals surface area contributed by atoms with Crippen molar-refractivity contribution in [1.29, 1.82) is 0 Å². The molecule has 0 aliphatic heterocycles. The first-order valence-electron chi connectivity index (χ1n) is 6.32. The molecule has 0 spiro atoms. The number of oxime groups is 1. The average Bonchev–Trinajstić information content (AvgIpc) is 2.76. The van der Waals surface area contributed by atoms with E-state index in [0.717, 1.165) is 25.7 Å². The predicted molar refractivity (Wildman–Crippen MR) is 71.0 cm³/mol. The fraction of sp³-hybridized carbons (Fsp3) is 0.909. The Morgan fingerprint density at radius 2 is 2.00 bits per heavy atom. The molecular formula is C11H23N3O3S. The first kappa shape index (κ1) is 15.2. The van der Waals surface area contributed by atoms with E-state index in [2.05, 4.69) is 5.16 Å². The second kappa shape index (κ2) is 6.38. The molecule has 0 aromatic rings. The Morgan fingerprint density at radius 3 is 2.44 bits per heavy atom. The van der Waals surface area contributed by atoms with Crippen molar-refractivity contribution in [2.75, 3.05) is 12.3 Å². The lowest BCUT2D eigenvalue weighted by Crippen LogP contribution is -2.45. The highest BCUT2D eigenvalue weighted by atomic mass is 32.2. The second-order valence-electron chi connectivity index (χ2n) is 5.25. The Kier molecular flexibility index (Phi) is 5.40. The van der Waals surface area contributed by atoms with Gasteiger partial charge in [0.1, 0.15) is 0 Å². The molecule has 1 rings (SSSR count). The zero-order chi connectivity index (χ0) is 13.8. The largest absolute Gasteiger partial charge is 0.409 e. The van der Waals surface area contributed by atoms with Crippen molar-refractivity contribution < 1.29 is 13.6 Å². The first-order chi connectivity index (χ1) is 8.36. The van der Waals surface area contributed by atoms with Crippen LogP contribution in [0.4, 0.5) is 0 Å². The van der Waals surface area contributed by atoms with Gasteiger partial charge in [-0.2, -0.15) is 4.31 Å². The summed E-state index contributed by atoms with van der Waals surface area (Å²) < 4.78 is 26.0. The van der Waals surface area contributed by atoms with Gasteiger partial charge in [-0.15, -0.1) is 0 Å². The van der Waals surface area contributed by atoms with Gasteiger partial charge >= 0.3 is 0 Å². The van der Waals surface area contributed by atoms with Gasteiger partial charge in [-0.05, 0) is 18.8 Å². The molecule has 106 valence electrons. The van der Waals surface area contributed by atoms with Gasteiger partial charge in [-0.3, -0.25) is 0 Å². The van der Waals surface area contributed by atoms with Gasteiger partial charge in [0.05, 0.1) is 12.3 Å². The Balaban J connectivity index is 2.88. The monoisotopic (exact) mass is 277 g/mol. The molecule has 7 heteroatoms. The molecular weight excluding hydrogens is 254 g/mol. The van der Waals surface area contributed by atoms with E-state index in [4.69, 9.17) is 10.9 Å². The minimum absolute atomic E-state index is 0.00551. The molecule has 0 radical (unpaired) electrons. The summed E-state index contributed by atoms with van der Waals surface area (Å²) in [5.74, 6) is 0.0998. The molecule has 1 aliphatic rings. The number of nitrogens with zero attached hydrogens (tertiary/aromatic N) is 2. The van der Waals surface area contributed by atoms with Crippen LogP contribution in [0.5, 0.6) is 0 Å². The van der Waals surface area contributed by atoms with E-state index in [1.807, 2.05) is 13.8 Å². The first-order valence-corrected chi connectivity index (χ1v) is 7.93. The fourth-order valence-electron chi connectivity index (χ4n) is 2.36. The third kappa shape index (κ3) is 4.13. The zero-order valence-electron chi connectivity index (χ0n) is 11.0. The maximum Gasteiger partial charge on any atom is 0.215 e. The van der Waals surface area contributed by atoms with E-state index >= 15 is 0 Å². The molecule has 0 bridgehead atoms. The van der Waals surface area contributed by atoms with Crippen LogP contribution in [0.2, 0.25) is 0 Å². The fourth-order valence-corrected chi connectivity index (χ4v) is 4.38. The third-order valence-corrected chi connectivity index (χ3v) is 5.31. The van der Waals surface area contributed by atoms with Crippen molar-refractivity contribution in [3.05, 3.63) is 0 Å². The highest BCUT2D eigenvalue weighted by Gasteiger charge is 2.32. The summed E-state index contributed by atoms with van der Waals surface area (Å²) in [5, 5.41) is 11.5. The quantitative estimate of drug-likeness (QED) is 0.327. The van der Waals surface area contributed by atoms with Crippen molar-refractivity contribution in [3.8, 4) is 0 Å². The molecule has 0 aromatic carbocycles. The second-order valence-corrected chi connectivity index (χ2v) is 7.21. The third-order valence-electron chi connectivity index (χ3n) is 3.08. The van der Waals surface area contributed by atoms with Crippen molar-refractivity contribution in [2.24, 2.45) is 16.8 Å². The number of amidine groups is 1. The van der Waals surface area contributed by atoms with Crippen LogP contribution in [0.15, 0.2) is 5.16 Å². The molecule has 0 heterocycles. The van der Waals surface area contributed by atoms with E-state index < -0.39 is 10.0 Å². The lowest BCUT2D eigenvalue weighted by atomic mass is 10.2. The summed E-state index contributed by atoms with van der Waals surface area (Å²) in [7, 11) is -3.35. The smallest absolute Gasteiger partial charge is 0.215 e. The molecule has 1 fully saturated rings. The molecule has 0 saturated heterocycles. The number of hydrogen-bond acceptors (Lipinski definition) is 4. The van der Waals surface area contributed by atoms with Crippen LogP contribution in [-0.2, 0) is 10.0 Å². The summed E-state index contributed by atoms with van der Waals surface area (Å²) in [6, 6.07) is -0.00551. The summed E-state index contributed by atoms with van der Waals surface area (Å²) >= 11 is 0. The van der Waals surface area contributed by atoms with E-state index in [9.17, 15) is 8.42 Å². The summed E-state index contributed by atoms with van der Waals surface area (Å²) in [5.41, 5.74) is 5.46. The van der Waals surface area contributed by atoms with E-state index in [-0.39, 0.29) is 30.1 Å². The topological polar surface area (TPSA) is 96.0 Å². The molecule has 0 amide bonds. The number of sulfonamides is 1. The minimum Gasteiger partial charge on any atom is -0.409 e. The van der Waals surface area contributed by atoms with Gasteiger partial charge in [-0.25, -0.2) is 8.42 Å². The molecule has 3 N–H and O–H groups in total. The van der Waals surface area contributed by atoms with Gasteiger partial charge in [-0.1, -0.05) is 31.8 Å². The van der Waals surface area contributed by atoms with Crippen LogP contribution in [-0.4, -0.2) is 42.1 Å². The van der Waals surface area contributed by atoms with Gasteiger partial charge in [0, 0.05) is 6.04 Å². The lowest BCUT2D eigenvalue weighted by Gasteiger charge is -2.28. The predicted octanol–water partition coefficient (Wildman–Crippen LogP) is 0.963. The summed E-state index contributed by atoms with van der Waals surface area (Å²) in [4.78, 5) is 0. The number of hydrogen-bond donors (Lipinski definition) is 2. The maximum absolute atomic E-state index is 12.3. The number of nitrogens with two attached hydrogens (primary N) is 1. The van der Waals surface area contributed by atoms with Gasteiger partial charge in [0.2, 0.25) is 10.0 Å². The highest BCUT2D eigenvalue weighted by Crippen LogP contribution is 2.26. The highest BCUT2D eigenvalue weighted by molar-refractivity contribution is 7.89.